The van der Waals surface area contributed by atoms with Gasteiger partial charge in [-0.2, -0.15) is 5.26 Å². The van der Waals surface area contributed by atoms with Crippen molar-refractivity contribution in [1.82, 2.24) is 30.1 Å². The van der Waals surface area contributed by atoms with Crippen molar-refractivity contribution >= 4 is 46.0 Å². The quantitative estimate of drug-likeness (QED) is 0.127. The summed E-state index contributed by atoms with van der Waals surface area (Å²) in [5.41, 5.74) is 0.312. The number of nitrogens with one attached hydrogen (secondary N) is 2. The fourth-order valence-corrected chi connectivity index (χ4v) is 9.44. The van der Waals surface area contributed by atoms with Crippen molar-refractivity contribution in [3.05, 3.63) is 87.1 Å². The highest BCUT2D eigenvalue weighted by atomic mass is 35.5. The molecular formula is C44H51ClN8O6. The van der Waals surface area contributed by atoms with Crippen LogP contribution in [0, 0.1) is 29.1 Å². The van der Waals surface area contributed by atoms with E-state index in [2.05, 4.69) is 64.2 Å². The molecule has 2 aliphatic heterocycles. The SMILES string of the molecule is Cc1nc2c(OCCCCCN3CCN(c4ccc(C(=O)N[C@H]5C(C)(C)[C@H](Oc6ccc(C#N)c(Cl)c6)C5(C)C)cn4)CC3)cccc2c(=O)n1C1CCC(=O)NC1=O. The number of amides is 3. The zero-order valence-corrected chi connectivity index (χ0v) is 35.0. The molecule has 1 saturated carbocycles. The zero-order valence-electron chi connectivity index (χ0n) is 34.2. The molecule has 0 spiro atoms. The van der Waals surface area contributed by atoms with Gasteiger partial charge in [0.1, 0.15) is 46.9 Å². The van der Waals surface area contributed by atoms with Gasteiger partial charge < -0.3 is 19.7 Å². The number of imide groups is 1. The Balaban J connectivity index is 0.833. The normalized spacial score (nSPS) is 21.3. The lowest BCUT2D eigenvalue weighted by molar-refractivity contribution is -0.164. The predicted molar refractivity (Wildman–Crippen MR) is 224 cm³/mol. The number of piperazine rings is 1. The highest BCUT2D eigenvalue weighted by molar-refractivity contribution is 6.31. The Labute approximate surface area is 348 Å². The highest BCUT2D eigenvalue weighted by Gasteiger charge is 2.64. The Morgan fingerprint density at radius 2 is 1.78 bits per heavy atom. The molecule has 15 heteroatoms. The lowest BCUT2D eigenvalue weighted by Crippen LogP contribution is -2.74. The van der Waals surface area contributed by atoms with Crippen molar-refractivity contribution in [2.24, 2.45) is 10.8 Å². The van der Waals surface area contributed by atoms with E-state index >= 15 is 0 Å². The topological polar surface area (TPSA) is 172 Å². The van der Waals surface area contributed by atoms with Crippen molar-refractivity contribution in [2.75, 3.05) is 44.2 Å². The first-order valence-electron chi connectivity index (χ1n) is 20.3. The van der Waals surface area contributed by atoms with Crippen LogP contribution in [-0.4, -0.2) is 88.6 Å². The highest BCUT2D eigenvalue weighted by Crippen LogP contribution is 2.55. The Morgan fingerprint density at radius 3 is 2.46 bits per heavy atom. The van der Waals surface area contributed by atoms with Crippen molar-refractivity contribution in [2.45, 2.75) is 84.9 Å². The molecule has 1 aliphatic carbocycles. The zero-order chi connectivity index (χ0) is 42.1. The van der Waals surface area contributed by atoms with Crippen LogP contribution >= 0.6 is 11.6 Å². The van der Waals surface area contributed by atoms with Crippen LogP contribution in [-0.2, 0) is 9.59 Å². The Bertz CT molecular complexity index is 2330. The number of ether oxygens (including phenoxy) is 2. The molecule has 3 fully saturated rings. The standard InChI is InChI=1S/C44H51ClN8O6/c1-27-48-37-31(40(57)53(27)33-15-17-36(54)49-39(33)56)10-9-11-34(37)58-23-8-6-7-18-51-19-21-52(22-20-51)35-16-13-29(26-47-35)38(55)50-41-43(2,3)42(44(41,4)5)59-30-14-12-28(25-46)32(45)24-30/h9-14,16,24,26,33,41-42H,6-8,15,17-23H2,1-5H3,(H,50,55)(H,49,54,56)/t33?,41-,42-. The molecule has 7 rings (SSSR count). The first-order valence-corrected chi connectivity index (χ1v) is 20.7. The van der Waals surface area contributed by atoms with E-state index < -0.39 is 11.9 Å². The summed E-state index contributed by atoms with van der Waals surface area (Å²) in [5, 5.41) is 15.5. The number of piperidine rings is 1. The lowest BCUT2D eigenvalue weighted by atomic mass is 9.49. The van der Waals surface area contributed by atoms with Gasteiger partial charge in [-0.3, -0.25) is 34.0 Å². The Kier molecular flexibility index (Phi) is 12.0. The molecule has 3 amide bonds. The molecule has 4 aromatic rings. The van der Waals surface area contributed by atoms with Gasteiger partial charge in [0, 0.05) is 61.7 Å². The summed E-state index contributed by atoms with van der Waals surface area (Å²) in [6.45, 7) is 15.0. The van der Waals surface area contributed by atoms with E-state index in [-0.39, 0.29) is 53.2 Å². The third kappa shape index (κ3) is 8.49. The lowest BCUT2D eigenvalue weighted by Gasteiger charge is -2.63. The average molecular weight is 823 g/mol. The number of rotatable bonds is 13. The fourth-order valence-electron chi connectivity index (χ4n) is 9.23. The third-order valence-electron chi connectivity index (χ3n) is 12.1. The van der Waals surface area contributed by atoms with E-state index in [4.69, 9.17) is 21.1 Å². The smallest absolute Gasteiger partial charge is 0.262 e. The number of aromatic nitrogens is 3. The minimum Gasteiger partial charge on any atom is -0.491 e. The van der Waals surface area contributed by atoms with Crippen LogP contribution in [0.2, 0.25) is 5.02 Å². The summed E-state index contributed by atoms with van der Waals surface area (Å²) >= 11 is 6.24. The van der Waals surface area contributed by atoms with Crippen molar-refractivity contribution in [3.8, 4) is 17.6 Å². The number of hydrogen-bond donors (Lipinski definition) is 2. The summed E-state index contributed by atoms with van der Waals surface area (Å²) in [5.74, 6) is 1.38. The van der Waals surface area contributed by atoms with Gasteiger partial charge in [-0.25, -0.2) is 9.97 Å². The first-order chi connectivity index (χ1) is 28.2. The number of benzene rings is 2. The van der Waals surface area contributed by atoms with Gasteiger partial charge >= 0.3 is 0 Å². The monoisotopic (exact) mass is 822 g/mol. The summed E-state index contributed by atoms with van der Waals surface area (Å²) in [6, 6.07) is 15.2. The van der Waals surface area contributed by atoms with Crippen LogP contribution in [0.1, 0.15) is 87.6 Å². The van der Waals surface area contributed by atoms with Crippen molar-refractivity contribution in [1.29, 1.82) is 5.26 Å². The van der Waals surface area contributed by atoms with Crippen LogP contribution in [0.4, 0.5) is 5.82 Å². The number of carbonyl (C=O) groups excluding carboxylic acids is 3. The van der Waals surface area contributed by atoms with Gasteiger partial charge in [0.2, 0.25) is 11.8 Å². The summed E-state index contributed by atoms with van der Waals surface area (Å²) in [7, 11) is 0. The number of unbranched alkanes of at least 4 members (excludes halogenated alkanes) is 2. The van der Waals surface area contributed by atoms with Crippen LogP contribution < -0.4 is 30.6 Å². The Morgan fingerprint density at radius 1 is 1.02 bits per heavy atom. The largest absolute Gasteiger partial charge is 0.491 e. The molecule has 59 heavy (non-hydrogen) atoms. The van der Waals surface area contributed by atoms with E-state index in [1.54, 1.807) is 43.5 Å². The number of nitriles is 1. The number of fused-ring (bicyclic) bond motifs is 1. The number of nitrogens with zero attached hydrogens (tertiary/aromatic N) is 6. The van der Waals surface area contributed by atoms with E-state index in [1.165, 1.54) is 4.57 Å². The molecule has 1 unspecified atom stereocenters. The molecule has 2 saturated heterocycles. The van der Waals surface area contributed by atoms with Gasteiger partial charge in [0.25, 0.3) is 11.5 Å². The van der Waals surface area contributed by atoms with Crippen LogP contribution in [0.3, 0.4) is 0 Å². The molecule has 0 bridgehead atoms. The second kappa shape index (κ2) is 17.0. The van der Waals surface area contributed by atoms with Crippen molar-refractivity contribution in [3.63, 3.8) is 0 Å². The first kappa shape index (κ1) is 41.6. The maximum atomic E-state index is 13.4. The molecule has 2 aromatic heterocycles. The predicted octanol–water partition coefficient (Wildman–Crippen LogP) is 5.59. The maximum Gasteiger partial charge on any atom is 0.262 e. The van der Waals surface area contributed by atoms with Crippen LogP contribution in [0.5, 0.6) is 11.5 Å². The molecule has 1 atom stereocenters. The molecule has 2 N–H and O–H groups in total. The van der Waals surface area contributed by atoms with Crippen LogP contribution in [0.25, 0.3) is 10.9 Å². The van der Waals surface area contributed by atoms with Gasteiger partial charge in [0.15, 0.2) is 0 Å². The summed E-state index contributed by atoms with van der Waals surface area (Å²) in [4.78, 5) is 65.0. The molecule has 14 nitrogen and oxygen atoms in total. The van der Waals surface area contributed by atoms with E-state index in [0.717, 1.165) is 57.8 Å². The number of hydrogen-bond acceptors (Lipinski definition) is 11. The number of carbonyl (C=O) groups is 3. The number of aryl methyl sites for hydroxylation is 1. The third-order valence-corrected chi connectivity index (χ3v) is 12.4. The van der Waals surface area contributed by atoms with Gasteiger partial charge in [0.05, 0.1) is 28.1 Å². The molecule has 2 aromatic carbocycles. The summed E-state index contributed by atoms with van der Waals surface area (Å²) < 4.78 is 13.8. The molecular weight excluding hydrogens is 772 g/mol. The summed E-state index contributed by atoms with van der Waals surface area (Å²) in [6.07, 6.45) is 4.76. The van der Waals surface area contributed by atoms with Gasteiger partial charge in [-0.15, -0.1) is 0 Å². The fraction of sp³-hybridized carbons (Fsp3) is 0.477. The second-order valence-electron chi connectivity index (χ2n) is 16.9. The Hall–Kier alpha value is -5.52. The maximum absolute atomic E-state index is 13.4. The minimum atomic E-state index is -0.770. The number of pyridine rings is 1. The number of para-hydroxylation sites is 1. The van der Waals surface area contributed by atoms with E-state index in [9.17, 15) is 24.4 Å². The van der Waals surface area contributed by atoms with Gasteiger partial charge in [-0.05, 0) is 75.5 Å². The minimum absolute atomic E-state index is 0.149. The molecule has 4 heterocycles. The number of halogens is 1. The van der Waals surface area contributed by atoms with Gasteiger partial charge in [-0.1, -0.05) is 45.4 Å². The second-order valence-corrected chi connectivity index (χ2v) is 17.3. The molecule has 3 aliphatic rings. The molecule has 310 valence electrons. The van der Waals surface area contributed by atoms with E-state index in [0.29, 0.717) is 51.0 Å². The van der Waals surface area contributed by atoms with Crippen LogP contribution in [0.15, 0.2) is 59.5 Å². The average Bonchev–Trinajstić information content (AvgIpc) is 3.21. The molecule has 0 radical (unpaired) electrons. The van der Waals surface area contributed by atoms with E-state index in [1.807, 2.05) is 18.2 Å². The van der Waals surface area contributed by atoms with Crippen molar-refractivity contribution < 1.29 is 23.9 Å². The number of anilines is 1.